The molecule has 1 aromatic heterocycles. The molecule has 0 bridgehead atoms. The van der Waals surface area contributed by atoms with E-state index in [0.29, 0.717) is 11.3 Å². The number of aromatic amines is 1. The van der Waals surface area contributed by atoms with Crippen molar-refractivity contribution in [2.45, 2.75) is 30.7 Å². The Morgan fingerprint density at radius 3 is 2.33 bits per heavy atom. The predicted molar refractivity (Wildman–Crippen MR) is 138 cm³/mol. The van der Waals surface area contributed by atoms with Crippen LogP contribution in [0, 0.1) is 0 Å². The fraction of sp³-hybridized carbons (Fsp3) is 0.261. The quantitative estimate of drug-likeness (QED) is 0.212. The van der Waals surface area contributed by atoms with Gasteiger partial charge in [0.05, 0.1) is 12.8 Å². The van der Waals surface area contributed by atoms with E-state index < -0.39 is 70.1 Å². The summed E-state index contributed by atoms with van der Waals surface area (Å²) in [6, 6.07) is 17.0. The lowest BCUT2D eigenvalue weighted by molar-refractivity contribution is -0.0543. The highest BCUT2D eigenvalue weighted by molar-refractivity contribution is 7.63. The lowest BCUT2D eigenvalue weighted by atomic mass is 10.1. The monoisotopic (exact) mass is 597 g/mol. The number of rotatable bonds is 10. The van der Waals surface area contributed by atoms with Crippen molar-refractivity contribution in [2.75, 3.05) is 11.9 Å². The van der Waals surface area contributed by atoms with Gasteiger partial charge in [-0.2, -0.15) is 0 Å². The molecular formula is C23H25N3O12P2. The average Bonchev–Trinajstić information content (AvgIpc) is 3.18. The molecule has 1 saturated heterocycles. The Balaban J connectivity index is 1.49. The molecular weight excluding hydrogens is 572 g/mol. The first kappa shape index (κ1) is 29.6. The second kappa shape index (κ2) is 12.4. The van der Waals surface area contributed by atoms with Crippen LogP contribution < -0.4 is 16.6 Å². The van der Waals surface area contributed by atoms with Crippen LogP contribution >= 0.6 is 15.4 Å². The Labute approximate surface area is 226 Å². The van der Waals surface area contributed by atoms with Crippen molar-refractivity contribution in [3.63, 3.8) is 0 Å². The van der Waals surface area contributed by atoms with E-state index in [-0.39, 0.29) is 0 Å². The first-order valence-corrected chi connectivity index (χ1v) is 14.9. The smallest absolute Gasteiger partial charge is 0.440 e. The van der Waals surface area contributed by atoms with E-state index in [1.165, 1.54) is 12.1 Å². The van der Waals surface area contributed by atoms with Crippen LogP contribution in [0.2, 0.25) is 0 Å². The van der Waals surface area contributed by atoms with Crippen LogP contribution in [0.15, 0.2) is 82.5 Å². The van der Waals surface area contributed by atoms with Crippen LogP contribution in [-0.2, 0) is 33.6 Å². The van der Waals surface area contributed by atoms with Gasteiger partial charge in [0, 0.05) is 18.0 Å². The van der Waals surface area contributed by atoms with Crippen molar-refractivity contribution >= 4 is 27.2 Å². The van der Waals surface area contributed by atoms with Crippen LogP contribution in [0.4, 0.5) is 10.5 Å². The molecule has 1 aliphatic rings. The van der Waals surface area contributed by atoms with E-state index in [4.69, 9.17) is 14.0 Å². The highest BCUT2D eigenvalue weighted by Crippen LogP contribution is 2.61. The number of aliphatic hydroxyl groups excluding tert-OH is 1. The van der Waals surface area contributed by atoms with Crippen molar-refractivity contribution in [1.82, 2.24) is 9.55 Å². The van der Waals surface area contributed by atoms with Gasteiger partial charge in [-0.3, -0.25) is 28.8 Å². The summed E-state index contributed by atoms with van der Waals surface area (Å²) < 4.78 is 46.1. The van der Waals surface area contributed by atoms with Gasteiger partial charge < -0.3 is 24.4 Å². The van der Waals surface area contributed by atoms with Crippen molar-refractivity contribution < 1.29 is 47.1 Å². The Kier molecular flexibility index (Phi) is 9.19. The maximum atomic E-state index is 12.5. The van der Waals surface area contributed by atoms with Gasteiger partial charge in [-0.1, -0.05) is 48.5 Å². The number of aliphatic hydroxyl groups is 1. The Hall–Kier alpha value is -3.39. The fourth-order valence-corrected chi connectivity index (χ4v) is 6.56. The van der Waals surface area contributed by atoms with Crippen LogP contribution in [0.25, 0.3) is 0 Å². The number of benzene rings is 2. The van der Waals surface area contributed by atoms with E-state index in [9.17, 15) is 38.4 Å². The molecule has 3 unspecified atom stereocenters. The second-order valence-corrected chi connectivity index (χ2v) is 12.0. The topological polar surface area (TPSA) is 216 Å². The van der Waals surface area contributed by atoms with Gasteiger partial charge in [-0.05, 0) is 17.7 Å². The Morgan fingerprint density at radius 1 is 1.02 bits per heavy atom. The molecule has 1 fully saturated rings. The highest BCUT2D eigenvalue weighted by Gasteiger charge is 2.49. The molecule has 6 atom stereocenters. The Bertz CT molecular complexity index is 1530. The van der Waals surface area contributed by atoms with Gasteiger partial charge in [-0.25, -0.2) is 18.5 Å². The van der Waals surface area contributed by atoms with Gasteiger partial charge >= 0.3 is 27.2 Å². The summed E-state index contributed by atoms with van der Waals surface area (Å²) in [5.41, 5.74) is -0.954. The molecule has 17 heteroatoms. The molecule has 15 nitrogen and oxygen atoms in total. The summed E-state index contributed by atoms with van der Waals surface area (Å²) in [5.74, 6) is 0. The molecule has 214 valence electrons. The number of hydrogen-bond donors (Lipinski definition) is 5. The van der Waals surface area contributed by atoms with Gasteiger partial charge in [0.2, 0.25) is 0 Å². The minimum atomic E-state index is -5.19. The molecule has 1 aliphatic heterocycles. The number of aromatic nitrogens is 2. The van der Waals surface area contributed by atoms with Crippen molar-refractivity contribution in [2.24, 2.45) is 0 Å². The Morgan fingerprint density at radius 2 is 1.68 bits per heavy atom. The molecule has 3 aromatic rings. The third-order valence-corrected chi connectivity index (χ3v) is 8.64. The highest BCUT2D eigenvalue weighted by atomic mass is 31.3. The summed E-state index contributed by atoms with van der Waals surface area (Å²) in [4.78, 5) is 58.4. The van der Waals surface area contributed by atoms with E-state index in [1.807, 2.05) is 4.98 Å². The van der Waals surface area contributed by atoms with E-state index in [0.717, 1.165) is 16.8 Å². The third-order valence-electron chi connectivity index (χ3n) is 5.56. The summed E-state index contributed by atoms with van der Waals surface area (Å²) in [5, 5.41) is 13.3. The lowest BCUT2D eigenvalue weighted by Gasteiger charge is -2.22. The summed E-state index contributed by atoms with van der Waals surface area (Å²) in [7, 11) is -9.85. The maximum absolute atomic E-state index is 12.5. The van der Waals surface area contributed by atoms with Crippen LogP contribution in [0.5, 0.6) is 0 Å². The van der Waals surface area contributed by atoms with Gasteiger partial charge in [0.1, 0.15) is 12.2 Å². The number of phosphoric ester groups is 1. The second-order valence-electron chi connectivity index (χ2n) is 8.56. The number of amides is 1. The molecule has 0 aliphatic carbocycles. The third kappa shape index (κ3) is 7.84. The largest absolute Gasteiger partial charge is 0.479 e. The van der Waals surface area contributed by atoms with Crippen molar-refractivity contribution in [3.8, 4) is 0 Å². The molecule has 4 rings (SSSR count). The van der Waals surface area contributed by atoms with Crippen LogP contribution in [0.3, 0.4) is 0 Å². The van der Waals surface area contributed by atoms with Gasteiger partial charge in [0.25, 0.3) is 5.56 Å². The number of anilines is 1. The summed E-state index contributed by atoms with van der Waals surface area (Å²) in [6.07, 6.45) is -6.87. The van der Waals surface area contributed by atoms with Gasteiger partial charge in [0.15, 0.2) is 12.3 Å². The first-order valence-electron chi connectivity index (χ1n) is 11.6. The first-order chi connectivity index (χ1) is 18.9. The maximum Gasteiger partial charge on any atom is 0.479 e. The number of para-hydroxylation sites is 1. The molecule has 0 radical (unpaired) electrons. The molecule has 0 spiro atoms. The normalized spacial score (nSPS) is 23.6. The van der Waals surface area contributed by atoms with E-state index in [1.54, 1.807) is 48.5 Å². The van der Waals surface area contributed by atoms with E-state index >= 15 is 0 Å². The average molecular weight is 597 g/mol. The standard InChI is InChI=1S/C23H25N3O12P2/c27-18-11-12-26(22(29)25-18)21-19(28)20(37-23(30)24-16-9-5-2-6-10-16)17(36-21)13-35-40(33,34)38-39(31,32)14-15-7-3-1-4-8-15/h1-12,17,19-21,28H,13-14H2,(H,24,30)(H,31,32)(H,33,34)(H,25,27,29)/t17-,19+,20?,21-/m1/s1. The number of nitrogens with zero attached hydrogens (tertiary/aromatic N) is 1. The number of carbonyl (C=O) groups is 1. The van der Waals surface area contributed by atoms with E-state index in [2.05, 4.69) is 9.63 Å². The van der Waals surface area contributed by atoms with Gasteiger partial charge in [-0.15, -0.1) is 0 Å². The zero-order valence-corrected chi connectivity index (χ0v) is 22.3. The zero-order chi connectivity index (χ0) is 28.9. The number of H-pyrrole nitrogens is 1. The molecule has 2 aromatic carbocycles. The number of hydrogen-bond acceptors (Lipinski definition) is 10. The summed E-state index contributed by atoms with van der Waals surface area (Å²) in [6.45, 7) is -0.881. The fourth-order valence-electron chi connectivity index (χ4n) is 3.84. The molecule has 0 saturated carbocycles. The number of phosphoric acid groups is 1. The number of carbonyl (C=O) groups excluding carboxylic acids is 1. The summed E-state index contributed by atoms with van der Waals surface area (Å²) >= 11 is 0. The number of ether oxygens (including phenoxy) is 2. The van der Waals surface area contributed by atoms with Crippen LogP contribution in [-0.4, -0.2) is 55.5 Å². The molecule has 2 heterocycles. The zero-order valence-electron chi connectivity index (χ0n) is 20.5. The van der Waals surface area contributed by atoms with Crippen molar-refractivity contribution in [3.05, 3.63) is 99.3 Å². The van der Waals surface area contributed by atoms with Crippen molar-refractivity contribution in [1.29, 1.82) is 0 Å². The molecule has 5 N–H and O–H groups in total. The number of nitrogens with one attached hydrogen (secondary N) is 2. The SMILES string of the molecule is O=C(Nc1ccccc1)OC1[C@@H](COP(=O)(O)OP(=O)(O)Cc2ccccc2)O[C@@H](n2ccc(=O)[nH]c2=O)[C@H]1O. The predicted octanol–water partition coefficient (Wildman–Crippen LogP) is 1.93. The minimum absolute atomic E-state index is 0.354. The lowest BCUT2D eigenvalue weighted by Crippen LogP contribution is -2.40. The molecule has 40 heavy (non-hydrogen) atoms. The van der Waals surface area contributed by atoms with Crippen LogP contribution in [0.1, 0.15) is 11.8 Å². The molecule has 1 amide bonds. The minimum Gasteiger partial charge on any atom is -0.440 e.